The molecule has 0 aromatic heterocycles. The topological polar surface area (TPSA) is 63.0 Å². The van der Waals surface area contributed by atoms with Gasteiger partial charge in [-0.25, -0.2) is 0 Å². The Balaban J connectivity index is 1.31. The fourth-order valence-electron chi connectivity index (χ4n) is 8.25. The molecule has 3 aliphatic heterocycles. The van der Waals surface area contributed by atoms with Gasteiger partial charge >= 0.3 is 0 Å². The van der Waals surface area contributed by atoms with Gasteiger partial charge in [-0.1, -0.05) is 13.8 Å². The molecule has 1 aliphatic carbocycles. The largest absolute Gasteiger partial charge is 0.310 e. The number of likely N-dealkylation sites (tertiary alicyclic amines) is 2. The zero-order valence-electron chi connectivity index (χ0n) is 25.7. The van der Waals surface area contributed by atoms with Crippen molar-refractivity contribution in [3.05, 3.63) is 0 Å². The summed E-state index contributed by atoms with van der Waals surface area (Å²) in [5.41, 5.74) is 3.70. The Labute approximate surface area is 229 Å². The summed E-state index contributed by atoms with van der Waals surface area (Å²) >= 11 is 0. The number of piperazine rings is 1. The van der Waals surface area contributed by atoms with Gasteiger partial charge in [0, 0.05) is 99.6 Å². The summed E-state index contributed by atoms with van der Waals surface area (Å²) in [7, 11) is 0. The van der Waals surface area contributed by atoms with E-state index in [-0.39, 0.29) is 0 Å². The van der Waals surface area contributed by atoms with Gasteiger partial charge < -0.3 is 5.32 Å². The molecule has 4 rings (SSSR count). The quantitative estimate of drug-likeness (QED) is 0.287. The maximum atomic E-state index is 6.18. The van der Waals surface area contributed by atoms with E-state index >= 15 is 0 Å². The van der Waals surface area contributed by atoms with Crippen molar-refractivity contribution in [3.8, 4) is 0 Å². The van der Waals surface area contributed by atoms with Crippen LogP contribution in [0, 0.1) is 17.3 Å². The first kappa shape index (κ1) is 29.7. The number of nitrogens with zero attached hydrogens (tertiary/aromatic N) is 4. The number of hydrazine groups is 1. The summed E-state index contributed by atoms with van der Waals surface area (Å²) in [5.74, 6) is 7.63. The molecule has 3 saturated heterocycles. The van der Waals surface area contributed by atoms with E-state index in [2.05, 4.69) is 92.7 Å². The van der Waals surface area contributed by atoms with Crippen LogP contribution in [0.2, 0.25) is 0 Å². The maximum absolute atomic E-state index is 6.18. The number of hydrogen-bond acceptors (Lipinski definition) is 7. The number of rotatable bonds is 11. The van der Waals surface area contributed by atoms with Gasteiger partial charge in [0.05, 0.1) is 0 Å². The highest BCUT2D eigenvalue weighted by Gasteiger charge is 2.66. The second-order valence-corrected chi connectivity index (χ2v) is 14.3. The van der Waals surface area contributed by atoms with Gasteiger partial charge in [0.2, 0.25) is 0 Å². The third kappa shape index (κ3) is 6.39. The molecule has 0 radical (unpaired) electrons. The Kier molecular flexibility index (Phi) is 9.69. The minimum absolute atomic E-state index is 0.418. The second-order valence-electron chi connectivity index (χ2n) is 14.3. The van der Waals surface area contributed by atoms with Crippen molar-refractivity contribution in [3.63, 3.8) is 0 Å². The van der Waals surface area contributed by atoms with Gasteiger partial charge in [-0.15, -0.1) is 0 Å². The molecule has 5 unspecified atom stereocenters. The Morgan fingerprint density at radius 1 is 0.811 bits per heavy atom. The lowest BCUT2D eigenvalue weighted by atomic mass is 9.88. The van der Waals surface area contributed by atoms with Crippen LogP contribution in [0.1, 0.15) is 81.6 Å². The van der Waals surface area contributed by atoms with Crippen molar-refractivity contribution in [1.29, 1.82) is 0 Å². The Morgan fingerprint density at radius 2 is 1.49 bits per heavy atom. The van der Waals surface area contributed by atoms with E-state index < -0.39 is 0 Å². The lowest BCUT2D eigenvalue weighted by Gasteiger charge is -2.44. The van der Waals surface area contributed by atoms with Crippen LogP contribution in [0.15, 0.2) is 0 Å². The monoisotopic (exact) mass is 519 g/mol. The highest BCUT2D eigenvalue weighted by molar-refractivity contribution is 5.19. The van der Waals surface area contributed by atoms with Gasteiger partial charge in [0.25, 0.3) is 0 Å². The minimum Gasteiger partial charge on any atom is -0.310 e. The van der Waals surface area contributed by atoms with Gasteiger partial charge in [-0.3, -0.25) is 30.9 Å². The standard InChI is InChI=1S/C30H61N7/c1-20(2)32-29-18-36(22(5)6)19-30(29)14-27(30)26-16-35(17-28(26)33-31)23(7)10-11-24(8)37-13-12-34(21(3)4)15-25(37)9/h20-29,32-33H,10-19,31H2,1-9H3/t23?,24?,25-,26?,27?,28+,29+,30?/m1/s1. The molecule has 1 saturated carbocycles. The van der Waals surface area contributed by atoms with Gasteiger partial charge in [-0.2, -0.15) is 0 Å². The third-order valence-corrected chi connectivity index (χ3v) is 10.8. The van der Waals surface area contributed by atoms with Crippen LogP contribution >= 0.6 is 0 Å². The first-order chi connectivity index (χ1) is 17.5. The van der Waals surface area contributed by atoms with Crippen LogP contribution in [-0.4, -0.2) is 114 Å². The lowest BCUT2D eigenvalue weighted by Crippen LogP contribution is -2.56. The van der Waals surface area contributed by atoms with Crippen LogP contribution < -0.4 is 16.6 Å². The predicted octanol–water partition coefficient (Wildman–Crippen LogP) is 2.82. The number of hydrogen-bond donors (Lipinski definition) is 3. The molecule has 4 aliphatic rings. The molecule has 7 nitrogen and oxygen atoms in total. The Morgan fingerprint density at radius 3 is 2.08 bits per heavy atom. The molecule has 1 spiro atoms. The van der Waals surface area contributed by atoms with E-state index in [9.17, 15) is 0 Å². The van der Waals surface area contributed by atoms with E-state index in [0.717, 1.165) is 12.5 Å². The summed E-state index contributed by atoms with van der Waals surface area (Å²) in [6, 6.07) is 4.78. The number of nitrogens with one attached hydrogen (secondary N) is 2. The van der Waals surface area contributed by atoms with Crippen molar-refractivity contribution in [2.24, 2.45) is 23.1 Å². The maximum Gasteiger partial charge on any atom is 0.0381 e. The van der Waals surface area contributed by atoms with E-state index in [1.807, 2.05) is 0 Å². The molecular formula is C30H61N7. The summed E-state index contributed by atoms with van der Waals surface area (Å²) < 4.78 is 0. The predicted molar refractivity (Wildman–Crippen MR) is 157 cm³/mol. The van der Waals surface area contributed by atoms with Crippen LogP contribution in [0.5, 0.6) is 0 Å². The molecule has 4 N–H and O–H groups in total. The van der Waals surface area contributed by atoms with E-state index in [0.29, 0.717) is 59.7 Å². The lowest BCUT2D eigenvalue weighted by molar-refractivity contribution is 0.0347. The Hall–Kier alpha value is -0.280. The molecule has 3 heterocycles. The van der Waals surface area contributed by atoms with Crippen molar-refractivity contribution in [2.75, 3.05) is 45.8 Å². The fraction of sp³-hybridized carbons (Fsp3) is 1.00. The molecule has 0 aromatic carbocycles. The smallest absolute Gasteiger partial charge is 0.0381 e. The van der Waals surface area contributed by atoms with Crippen LogP contribution in [0.3, 0.4) is 0 Å². The highest BCUT2D eigenvalue weighted by Crippen LogP contribution is 2.63. The van der Waals surface area contributed by atoms with E-state index in [4.69, 9.17) is 5.84 Å². The molecule has 8 atom stereocenters. The Bertz CT molecular complexity index is 729. The molecule has 216 valence electrons. The average molecular weight is 520 g/mol. The molecule has 7 heteroatoms. The first-order valence-electron chi connectivity index (χ1n) is 15.7. The van der Waals surface area contributed by atoms with Crippen molar-refractivity contribution in [2.45, 2.75) is 130 Å². The van der Waals surface area contributed by atoms with Crippen LogP contribution in [0.4, 0.5) is 0 Å². The van der Waals surface area contributed by atoms with Crippen LogP contribution in [-0.2, 0) is 0 Å². The minimum atomic E-state index is 0.418. The second kappa shape index (κ2) is 12.1. The van der Waals surface area contributed by atoms with E-state index in [1.165, 1.54) is 58.5 Å². The average Bonchev–Trinajstić information content (AvgIpc) is 3.20. The summed E-state index contributed by atoms with van der Waals surface area (Å²) in [6.45, 7) is 29.7. The number of nitrogens with two attached hydrogens (primary N) is 1. The summed E-state index contributed by atoms with van der Waals surface area (Å²) in [5, 5.41) is 3.96. The summed E-state index contributed by atoms with van der Waals surface area (Å²) in [4.78, 5) is 10.9. The van der Waals surface area contributed by atoms with Gasteiger partial charge in [-0.05, 0) is 79.6 Å². The molecule has 0 aromatic rings. The van der Waals surface area contributed by atoms with Crippen molar-refractivity contribution >= 4 is 0 Å². The zero-order valence-corrected chi connectivity index (χ0v) is 25.7. The molecular weight excluding hydrogens is 458 g/mol. The van der Waals surface area contributed by atoms with E-state index in [1.54, 1.807) is 0 Å². The molecule has 0 amide bonds. The first-order valence-corrected chi connectivity index (χ1v) is 15.7. The fourth-order valence-corrected chi connectivity index (χ4v) is 8.25. The third-order valence-electron chi connectivity index (χ3n) is 10.8. The van der Waals surface area contributed by atoms with Crippen LogP contribution in [0.25, 0.3) is 0 Å². The SMILES string of the molecule is CC(C)N[C@H]1CN(C(C)C)CC12CC2C1CN(C(C)CCC(C)N2CCN(C(C)C)C[C@H]2C)C[C@@H]1NN. The van der Waals surface area contributed by atoms with Gasteiger partial charge in [0.15, 0.2) is 0 Å². The normalized spacial score (nSPS) is 38.0. The molecule has 37 heavy (non-hydrogen) atoms. The summed E-state index contributed by atoms with van der Waals surface area (Å²) in [6.07, 6.45) is 3.92. The molecule has 4 fully saturated rings. The van der Waals surface area contributed by atoms with Crippen molar-refractivity contribution < 1.29 is 0 Å². The molecule has 0 bridgehead atoms. The van der Waals surface area contributed by atoms with Crippen molar-refractivity contribution in [1.82, 2.24) is 30.3 Å². The highest BCUT2D eigenvalue weighted by atomic mass is 15.3. The zero-order chi connectivity index (χ0) is 27.1. The van der Waals surface area contributed by atoms with Gasteiger partial charge in [0.1, 0.15) is 0 Å².